The Morgan fingerprint density at radius 2 is 2.03 bits per heavy atom. The van der Waals surface area contributed by atoms with Gasteiger partial charge in [0.2, 0.25) is 11.7 Å². The Kier molecular flexibility index (Phi) is 6.60. The van der Waals surface area contributed by atoms with Gasteiger partial charge < -0.3 is 14.7 Å². The Hall–Kier alpha value is -3.22. The van der Waals surface area contributed by atoms with Crippen LogP contribution in [0.15, 0.2) is 47.1 Å². The first-order valence-corrected chi connectivity index (χ1v) is 10.9. The molecule has 2 aromatic heterocycles. The summed E-state index contributed by atoms with van der Waals surface area (Å²) in [7, 11) is 0. The van der Waals surface area contributed by atoms with Gasteiger partial charge in [-0.25, -0.2) is 4.79 Å². The third kappa shape index (κ3) is 5.29. The molecule has 1 saturated heterocycles. The summed E-state index contributed by atoms with van der Waals surface area (Å²) in [5, 5.41) is 7.12. The summed E-state index contributed by atoms with van der Waals surface area (Å²) >= 11 is 0. The lowest BCUT2D eigenvalue weighted by Crippen LogP contribution is -2.44. The Morgan fingerprint density at radius 3 is 2.77 bits per heavy atom. The summed E-state index contributed by atoms with van der Waals surface area (Å²) in [6.07, 6.45) is 5.26. The second-order valence-electron chi connectivity index (χ2n) is 8.20. The summed E-state index contributed by atoms with van der Waals surface area (Å²) in [5.41, 5.74) is 4.66. The molecule has 3 heterocycles. The van der Waals surface area contributed by atoms with Crippen LogP contribution < -0.4 is 5.32 Å². The van der Waals surface area contributed by atoms with Crippen molar-refractivity contribution in [2.45, 2.75) is 45.4 Å². The van der Waals surface area contributed by atoms with Gasteiger partial charge in [-0.05, 0) is 62.8 Å². The smallest absolute Gasteiger partial charge is 0.317 e. The van der Waals surface area contributed by atoms with Crippen molar-refractivity contribution in [3.05, 3.63) is 65.2 Å². The molecule has 4 rings (SSSR count). The number of aryl methyl sites for hydroxylation is 3. The van der Waals surface area contributed by atoms with Crippen molar-refractivity contribution >= 4 is 6.03 Å². The number of nitrogens with one attached hydrogen (secondary N) is 1. The molecule has 0 radical (unpaired) electrons. The average Bonchev–Trinajstić information content (AvgIpc) is 3.29. The molecule has 7 heteroatoms. The largest absolute Gasteiger partial charge is 0.339 e. The number of urea groups is 1. The molecule has 1 aliphatic heterocycles. The van der Waals surface area contributed by atoms with Crippen LogP contribution >= 0.6 is 0 Å². The van der Waals surface area contributed by atoms with Crippen LogP contribution in [-0.4, -0.2) is 45.7 Å². The predicted octanol–water partition coefficient (Wildman–Crippen LogP) is 4.27. The van der Waals surface area contributed by atoms with Crippen LogP contribution in [0.2, 0.25) is 0 Å². The van der Waals surface area contributed by atoms with Gasteiger partial charge in [-0.3, -0.25) is 4.98 Å². The van der Waals surface area contributed by atoms with Crippen LogP contribution in [0, 0.1) is 13.8 Å². The number of likely N-dealkylation sites (tertiary alicyclic amines) is 1. The summed E-state index contributed by atoms with van der Waals surface area (Å²) in [6, 6.07) is 12.2. The summed E-state index contributed by atoms with van der Waals surface area (Å²) in [5.74, 6) is 1.33. The van der Waals surface area contributed by atoms with Gasteiger partial charge in [0, 0.05) is 31.7 Å². The third-order valence-corrected chi connectivity index (χ3v) is 5.86. The normalized spacial score (nSPS) is 14.6. The number of piperidine rings is 1. The second kappa shape index (κ2) is 9.73. The van der Waals surface area contributed by atoms with Crippen LogP contribution in [0.5, 0.6) is 0 Å². The van der Waals surface area contributed by atoms with Crippen molar-refractivity contribution in [3.63, 3.8) is 0 Å². The first-order chi connectivity index (χ1) is 15.1. The van der Waals surface area contributed by atoms with E-state index in [0.717, 1.165) is 25.7 Å². The Labute approximate surface area is 182 Å². The second-order valence-corrected chi connectivity index (χ2v) is 8.20. The molecule has 1 aromatic carbocycles. The maximum absolute atomic E-state index is 12.5. The van der Waals surface area contributed by atoms with Gasteiger partial charge in [0.1, 0.15) is 5.69 Å². The topological polar surface area (TPSA) is 84.2 Å². The van der Waals surface area contributed by atoms with Crippen molar-refractivity contribution in [2.24, 2.45) is 0 Å². The van der Waals surface area contributed by atoms with Crippen molar-refractivity contribution in [1.29, 1.82) is 0 Å². The number of hydrogen-bond donors (Lipinski definition) is 1. The number of rotatable bonds is 6. The summed E-state index contributed by atoms with van der Waals surface area (Å²) in [4.78, 5) is 23.2. The lowest BCUT2D eigenvalue weighted by atomic mass is 9.97. The zero-order chi connectivity index (χ0) is 21.6. The lowest BCUT2D eigenvalue weighted by Gasteiger charge is -2.30. The molecule has 31 heavy (non-hydrogen) atoms. The number of nitrogens with zero attached hydrogens (tertiary/aromatic N) is 4. The van der Waals surface area contributed by atoms with Crippen LogP contribution in [0.1, 0.15) is 47.8 Å². The molecule has 3 aromatic rings. The number of benzene rings is 1. The highest BCUT2D eigenvalue weighted by molar-refractivity contribution is 5.74. The van der Waals surface area contributed by atoms with E-state index in [1.54, 1.807) is 6.20 Å². The standard InChI is InChI=1S/C24H29N5O2/c1-17-8-9-19(18(2)16-17)6-5-13-26-24(30)29-14-10-20(11-15-29)23-27-22(28-31-23)21-7-3-4-12-25-21/h3-4,7-9,12,16,20H,5-6,10-11,13-15H2,1-2H3,(H,26,30). The van der Waals surface area contributed by atoms with E-state index in [1.165, 1.54) is 16.7 Å². The zero-order valence-corrected chi connectivity index (χ0v) is 18.2. The molecule has 162 valence electrons. The molecule has 1 fully saturated rings. The summed E-state index contributed by atoms with van der Waals surface area (Å²) < 4.78 is 5.47. The molecule has 0 saturated carbocycles. The van der Waals surface area contributed by atoms with E-state index >= 15 is 0 Å². The third-order valence-electron chi connectivity index (χ3n) is 5.86. The van der Waals surface area contributed by atoms with Crippen LogP contribution in [0.25, 0.3) is 11.5 Å². The molecule has 0 aliphatic carbocycles. The fourth-order valence-electron chi connectivity index (χ4n) is 4.04. The molecular weight excluding hydrogens is 390 g/mol. The number of carbonyl (C=O) groups excluding carboxylic acids is 1. The van der Waals surface area contributed by atoms with Gasteiger partial charge in [-0.15, -0.1) is 0 Å². The quantitative estimate of drug-likeness (QED) is 0.603. The van der Waals surface area contributed by atoms with E-state index in [-0.39, 0.29) is 11.9 Å². The monoisotopic (exact) mass is 419 g/mol. The van der Waals surface area contributed by atoms with Crippen molar-refractivity contribution < 1.29 is 9.32 Å². The fourth-order valence-corrected chi connectivity index (χ4v) is 4.04. The Balaban J connectivity index is 1.21. The average molecular weight is 420 g/mol. The van der Waals surface area contributed by atoms with Gasteiger partial charge in [0.15, 0.2) is 0 Å². The number of amides is 2. The summed E-state index contributed by atoms with van der Waals surface area (Å²) in [6.45, 7) is 6.32. The van der Waals surface area contributed by atoms with Crippen molar-refractivity contribution in [2.75, 3.05) is 19.6 Å². The maximum atomic E-state index is 12.5. The molecule has 0 bridgehead atoms. The molecule has 0 spiro atoms. The van der Waals surface area contributed by atoms with Crippen molar-refractivity contribution in [1.82, 2.24) is 25.3 Å². The van der Waals surface area contributed by atoms with Gasteiger partial charge >= 0.3 is 6.03 Å². The minimum atomic E-state index is 0.0128. The molecule has 1 aliphatic rings. The molecule has 0 unspecified atom stereocenters. The van der Waals surface area contributed by atoms with E-state index in [4.69, 9.17) is 4.52 Å². The minimum absolute atomic E-state index is 0.0128. The van der Waals surface area contributed by atoms with Gasteiger partial charge in [0.05, 0.1) is 0 Å². The number of carbonyl (C=O) groups is 1. The number of aromatic nitrogens is 3. The lowest BCUT2D eigenvalue weighted by molar-refractivity contribution is 0.175. The minimum Gasteiger partial charge on any atom is -0.339 e. The highest BCUT2D eigenvalue weighted by Crippen LogP contribution is 2.28. The van der Waals surface area contributed by atoms with Gasteiger partial charge in [-0.1, -0.05) is 35.0 Å². The molecule has 0 atom stereocenters. The van der Waals surface area contributed by atoms with Gasteiger partial charge in [-0.2, -0.15) is 4.98 Å². The van der Waals surface area contributed by atoms with Crippen LogP contribution in [0.3, 0.4) is 0 Å². The molecule has 1 N–H and O–H groups in total. The molecular formula is C24H29N5O2. The number of pyridine rings is 1. The zero-order valence-electron chi connectivity index (χ0n) is 18.2. The first-order valence-electron chi connectivity index (χ1n) is 10.9. The van der Waals surface area contributed by atoms with Crippen molar-refractivity contribution in [3.8, 4) is 11.5 Å². The van der Waals surface area contributed by atoms with E-state index in [0.29, 0.717) is 37.0 Å². The van der Waals surface area contributed by atoms with E-state index in [1.807, 2.05) is 23.1 Å². The van der Waals surface area contributed by atoms with Crippen LogP contribution in [0.4, 0.5) is 4.79 Å². The Bertz CT molecular complexity index is 1010. The van der Waals surface area contributed by atoms with E-state index in [9.17, 15) is 4.79 Å². The fraction of sp³-hybridized carbons (Fsp3) is 0.417. The van der Waals surface area contributed by atoms with Gasteiger partial charge in [0.25, 0.3) is 0 Å². The Morgan fingerprint density at radius 1 is 1.19 bits per heavy atom. The predicted molar refractivity (Wildman–Crippen MR) is 119 cm³/mol. The SMILES string of the molecule is Cc1ccc(CCCNC(=O)N2CCC(c3nc(-c4ccccn4)no3)CC2)c(C)c1. The highest BCUT2D eigenvalue weighted by atomic mass is 16.5. The maximum Gasteiger partial charge on any atom is 0.317 e. The number of hydrogen-bond acceptors (Lipinski definition) is 5. The highest BCUT2D eigenvalue weighted by Gasteiger charge is 2.27. The molecule has 2 amide bonds. The van der Waals surface area contributed by atoms with E-state index < -0.39 is 0 Å². The van der Waals surface area contributed by atoms with Crippen LogP contribution in [-0.2, 0) is 6.42 Å². The first kappa shape index (κ1) is 21.0. The molecule has 7 nitrogen and oxygen atoms in total. The van der Waals surface area contributed by atoms with E-state index in [2.05, 4.69) is 52.5 Å².